The lowest BCUT2D eigenvalue weighted by atomic mass is 9.83. The molecule has 1 aliphatic heterocycles. The van der Waals surface area contributed by atoms with E-state index in [1.807, 2.05) is 25.1 Å². The number of likely N-dealkylation sites (tertiary alicyclic amines) is 1. The molecular weight excluding hydrogens is 302 g/mol. The molecule has 1 fully saturated rings. The highest BCUT2D eigenvalue weighted by molar-refractivity contribution is 5.70. The van der Waals surface area contributed by atoms with E-state index < -0.39 is 5.97 Å². The van der Waals surface area contributed by atoms with Crippen LogP contribution in [0.2, 0.25) is 0 Å². The molecule has 1 unspecified atom stereocenters. The highest BCUT2D eigenvalue weighted by Crippen LogP contribution is 2.27. The average molecular weight is 333 g/mol. The standard InChI is InChI=1S/C20H31NO3/c1-2-19(20(22)23)18-10-13-21(14-11-18)12-6-7-15-24-16-17-8-4-3-5-9-17/h3-5,8-9,18-19H,2,6-7,10-16H2,1H3,(H,22,23). The molecule has 1 saturated heterocycles. The van der Waals surface area contributed by atoms with Crippen molar-refractivity contribution in [2.24, 2.45) is 11.8 Å². The topological polar surface area (TPSA) is 49.8 Å². The summed E-state index contributed by atoms with van der Waals surface area (Å²) < 4.78 is 5.71. The maximum absolute atomic E-state index is 11.3. The third-order valence-corrected chi connectivity index (χ3v) is 5.08. The normalized spacial score (nSPS) is 17.7. The molecule has 1 aromatic rings. The van der Waals surface area contributed by atoms with E-state index in [1.54, 1.807) is 0 Å². The maximum Gasteiger partial charge on any atom is 0.306 e. The van der Waals surface area contributed by atoms with Gasteiger partial charge in [0.15, 0.2) is 0 Å². The molecule has 0 saturated carbocycles. The third kappa shape index (κ3) is 6.25. The molecule has 1 atom stereocenters. The highest BCUT2D eigenvalue weighted by Gasteiger charge is 2.29. The van der Waals surface area contributed by atoms with Crippen molar-refractivity contribution in [3.63, 3.8) is 0 Å². The van der Waals surface area contributed by atoms with Crippen molar-refractivity contribution in [1.29, 1.82) is 0 Å². The number of carbonyl (C=O) groups is 1. The zero-order valence-corrected chi connectivity index (χ0v) is 14.8. The number of carboxylic acids is 1. The average Bonchev–Trinajstić information content (AvgIpc) is 2.60. The van der Waals surface area contributed by atoms with Crippen LogP contribution in [-0.4, -0.2) is 42.2 Å². The van der Waals surface area contributed by atoms with Gasteiger partial charge in [0, 0.05) is 6.61 Å². The summed E-state index contributed by atoms with van der Waals surface area (Å²) in [4.78, 5) is 13.7. The maximum atomic E-state index is 11.3. The van der Waals surface area contributed by atoms with Crippen LogP contribution in [0.15, 0.2) is 30.3 Å². The van der Waals surface area contributed by atoms with Gasteiger partial charge in [0.25, 0.3) is 0 Å². The van der Waals surface area contributed by atoms with Crippen LogP contribution in [0.3, 0.4) is 0 Å². The smallest absolute Gasteiger partial charge is 0.306 e. The second-order valence-electron chi connectivity index (χ2n) is 6.78. The Bertz CT molecular complexity index is 469. The van der Waals surface area contributed by atoms with E-state index in [2.05, 4.69) is 17.0 Å². The number of piperidine rings is 1. The Morgan fingerprint density at radius 2 is 1.96 bits per heavy atom. The van der Waals surface area contributed by atoms with Gasteiger partial charge in [-0.05, 0) is 63.2 Å². The number of hydrogen-bond donors (Lipinski definition) is 1. The molecule has 0 aliphatic carbocycles. The molecule has 1 aliphatic rings. The SMILES string of the molecule is CCC(C(=O)O)C1CCN(CCCCOCc2ccccc2)CC1. The molecule has 4 heteroatoms. The number of ether oxygens (including phenoxy) is 1. The molecule has 2 rings (SSSR count). The first kappa shape index (κ1) is 18.9. The molecule has 0 spiro atoms. The van der Waals surface area contributed by atoms with Crippen molar-refractivity contribution < 1.29 is 14.6 Å². The van der Waals surface area contributed by atoms with Crippen LogP contribution in [-0.2, 0) is 16.1 Å². The van der Waals surface area contributed by atoms with E-state index in [-0.39, 0.29) is 5.92 Å². The fraction of sp³-hybridized carbons (Fsp3) is 0.650. The fourth-order valence-electron chi connectivity index (χ4n) is 3.59. The Morgan fingerprint density at radius 3 is 2.58 bits per heavy atom. The Labute approximate surface area is 145 Å². The number of aliphatic carboxylic acids is 1. The molecule has 1 N–H and O–H groups in total. The van der Waals surface area contributed by atoms with Crippen LogP contribution in [0.25, 0.3) is 0 Å². The fourth-order valence-corrected chi connectivity index (χ4v) is 3.59. The van der Waals surface area contributed by atoms with Crippen LogP contribution in [0, 0.1) is 11.8 Å². The summed E-state index contributed by atoms with van der Waals surface area (Å²) in [5.74, 6) is -0.414. The number of hydrogen-bond acceptors (Lipinski definition) is 3. The Hall–Kier alpha value is -1.39. The lowest BCUT2D eigenvalue weighted by Crippen LogP contribution is -2.38. The van der Waals surface area contributed by atoms with Crippen LogP contribution in [0.4, 0.5) is 0 Å². The lowest BCUT2D eigenvalue weighted by Gasteiger charge is -2.34. The van der Waals surface area contributed by atoms with Crippen LogP contribution < -0.4 is 0 Å². The quantitative estimate of drug-likeness (QED) is 0.662. The Balaban J connectivity index is 1.52. The summed E-state index contributed by atoms with van der Waals surface area (Å²) in [7, 11) is 0. The summed E-state index contributed by atoms with van der Waals surface area (Å²) in [5, 5.41) is 9.27. The zero-order valence-electron chi connectivity index (χ0n) is 14.8. The van der Waals surface area contributed by atoms with Crippen LogP contribution >= 0.6 is 0 Å². The van der Waals surface area contributed by atoms with Gasteiger partial charge in [0.2, 0.25) is 0 Å². The van der Waals surface area contributed by atoms with E-state index in [4.69, 9.17) is 4.74 Å². The number of nitrogens with zero attached hydrogens (tertiary/aromatic N) is 1. The van der Waals surface area contributed by atoms with Gasteiger partial charge in [-0.25, -0.2) is 0 Å². The molecule has 1 aromatic carbocycles. The van der Waals surface area contributed by atoms with Gasteiger partial charge in [-0.3, -0.25) is 4.79 Å². The van der Waals surface area contributed by atoms with Crippen molar-refractivity contribution in [2.45, 2.75) is 45.6 Å². The predicted octanol–water partition coefficient (Wildman–Crippen LogP) is 3.81. The molecule has 24 heavy (non-hydrogen) atoms. The monoisotopic (exact) mass is 333 g/mol. The number of rotatable bonds is 10. The first-order chi connectivity index (χ1) is 11.7. The Kier molecular flexibility index (Phi) is 8.26. The van der Waals surface area contributed by atoms with Gasteiger partial charge >= 0.3 is 5.97 Å². The van der Waals surface area contributed by atoms with E-state index in [9.17, 15) is 9.90 Å². The molecule has 0 bridgehead atoms. The number of benzene rings is 1. The molecule has 0 radical (unpaired) electrons. The van der Waals surface area contributed by atoms with Crippen molar-refractivity contribution in [2.75, 3.05) is 26.2 Å². The van der Waals surface area contributed by atoms with Gasteiger partial charge in [0.05, 0.1) is 12.5 Å². The van der Waals surface area contributed by atoms with E-state index >= 15 is 0 Å². The van der Waals surface area contributed by atoms with Gasteiger partial charge in [-0.1, -0.05) is 37.3 Å². The first-order valence-electron chi connectivity index (χ1n) is 9.27. The molecule has 4 nitrogen and oxygen atoms in total. The number of unbranched alkanes of at least 4 members (excludes halogenated alkanes) is 1. The Morgan fingerprint density at radius 1 is 1.25 bits per heavy atom. The summed E-state index contributed by atoms with van der Waals surface area (Å²) in [6, 6.07) is 10.3. The van der Waals surface area contributed by atoms with Crippen molar-refractivity contribution >= 4 is 5.97 Å². The third-order valence-electron chi connectivity index (χ3n) is 5.08. The minimum absolute atomic E-state index is 0.154. The summed E-state index contributed by atoms with van der Waals surface area (Å²) in [6.07, 6.45) is 5.03. The minimum atomic E-state index is -0.619. The van der Waals surface area contributed by atoms with E-state index in [1.165, 1.54) is 5.56 Å². The second-order valence-corrected chi connectivity index (χ2v) is 6.78. The first-order valence-corrected chi connectivity index (χ1v) is 9.27. The van der Waals surface area contributed by atoms with Gasteiger partial charge in [-0.15, -0.1) is 0 Å². The minimum Gasteiger partial charge on any atom is -0.481 e. The van der Waals surface area contributed by atoms with Gasteiger partial charge in [0.1, 0.15) is 0 Å². The number of carboxylic acid groups (broad SMARTS) is 1. The van der Waals surface area contributed by atoms with Crippen LogP contribution in [0.1, 0.15) is 44.6 Å². The van der Waals surface area contributed by atoms with E-state index in [0.717, 1.165) is 58.3 Å². The van der Waals surface area contributed by atoms with Crippen molar-refractivity contribution in [3.05, 3.63) is 35.9 Å². The molecule has 134 valence electrons. The zero-order chi connectivity index (χ0) is 17.2. The predicted molar refractivity (Wildman–Crippen MR) is 95.9 cm³/mol. The lowest BCUT2D eigenvalue weighted by molar-refractivity contribution is -0.144. The van der Waals surface area contributed by atoms with Gasteiger partial charge in [-0.2, -0.15) is 0 Å². The van der Waals surface area contributed by atoms with E-state index in [0.29, 0.717) is 12.5 Å². The second kappa shape index (κ2) is 10.5. The highest BCUT2D eigenvalue weighted by atomic mass is 16.5. The van der Waals surface area contributed by atoms with Crippen molar-refractivity contribution in [3.8, 4) is 0 Å². The van der Waals surface area contributed by atoms with Gasteiger partial charge < -0.3 is 14.7 Å². The largest absolute Gasteiger partial charge is 0.481 e. The van der Waals surface area contributed by atoms with Crippen LogP contribution in [0.5, 0.6) is 0 Å². The summed E-state index contributed by atoms with van der Waals surface area (Å²) in [5.41, 5.74) is 1.23. The molecule has 1 heterocycles. The molecule has 0 aromatic heterocycles. The summed E-state index contributed by atoms with van der Waals surface area (Å²) >= 11 is 0. The molecular formula is C20H31NO3. The molecule has 0 amide bonds. The van der Waals surface area contributed by atoms with Crippen molar-refractivity contribution in [1.82, 2.24) is 4.90 Å². The summed E-state index contributed by atoms with van der Waals surface area (Å²) in [6.45, 7) is 6.67.